The highest BCUT2D eigenvalue weighted by Gasteiger charge is 2.29. The topological polar surface area (TPSA) is 101 Å². The number of aryl methyl sites for hydroxylation is 1. The van der Waals surface area contributed by atoms with E-state index in [1.165, 1.54) is 11.8 Å². The van der Waals surface area contributed by atoms with Crippen LogP contribution in [0.1, 0.15) is 28.3 Å². The van der Waals surface area contributed by atoms with Crippen molar-refractivity contribution in [3.63, 3.8) is 0 Å². The lowest BCUT2D eigenvalue weighted by atomic mass is 9.84. The Morgan fingerprint density at radius 1 is 1.20 bits per heavy atom. The van der Waals surface area contributed by atoms with Gasteiger partial charge in [0.05, 0.1) is 6.20 Å². The average Bonchev–Trinajstić information content (AvgIpc) is 3.09. The number of hydrogen-bond acceptors (Lipinski definition) is 4. The predicted octanol–water partition coefficient (Wildman–Crippen LogP) is 1.67. The van der Waals surface area contributed by atoms with Gasteiger partial charge in [0, 0.05) is 25.4 Å². The number of ether oxygens (including phenoxy) is 1. The smallest absolute Gasteiger partial charge is 0.248 e. The maximum Gasteiger partial charge on any atom is 0.248 e. The van der Waals surface area contributed by atoms with Crippen LogP contribution in [0.2, 0.25) is 0 Å². The van der Waals surface area contributed by atoms with E-state index in [2.05, 4.69) is 22.0 Å². The zero-order valence-electron chi connectivity index (χ0n) is 17.1. The van der Waals surface area contributed by atoms with Crippen molar-refractivity contribution in [3.8, 4) is 5.75 Å². The van der Waals surface area contributed by atoms with E-state index in [1.807, 2.05) is 36.4 Å². The van der Waals surface area contributed by atoms with Crippen molar-refractivity contribution in [3.05, 3.63) is 77.1 Å². The van der Waals surface area contributed by atoms with E-state index in [4.69, 9.17) is 10.5 Å². The largest absolute Gasteiger partial charge is 0.492 e. The van der Waals surface area contributed by atoms with Gasteiger partial charge in [0.1, 0.15) is 12.4 Å². The first-order valence-electron chi connectivity index (χ1n) is 9.94. The minimum atomic E-state index is -3.62. The SMILES string of the molecule is Cc1c(S(=O)(=O)NCc2ccc3c(c2)C(Cc2ccccc2)C(N)CO3)c[nH][n+]1C. The van der Waals surface area contributed by atoms with Crippen LogP contribution in [0.5, 0.6) is 5.75 Å². The molecule has 0 aliphatic carbocycles. The second-order valence-electron chi connectivity index (χ2n) is 7.75. The summed E-state index contributed by atoms with van der Waals surface area (Å²) in [5.74, 6) is 0.927. The lowest BCUT2D eigenvalue weighted by molar-refractivity contribution is -0.733. The van der Waals surface area contributed by atoms with E-state index in [9.17, 15) is 8.42 Å². The van der Waals surface area contributed by atoms with Gasteiger partial charge in [0.2, 0.25) is 15.7 Å². The first-order chi connectivity index (χ1) is 14.3. The molecule has 4 rings (SSSR count). The Morgan fingerprint density at radius 3 is 2.67 bits per heavy atom. The quantitative estimate of drug-likeness (QED) is 0.521. The summed E-state index contributed by atoms with van der Waals surface area (Å²) in [5, 5.41) is 2.88. The number of H-pyrrole nitrogens is 1. The molecule has 1 aliphatic heterocycles. The van der Waals surface area contributed by atoms with Crippen LogP contribution in [-0.2, 0) is 30.0 Å². The van der Waals surface area contributed by atoms with E-state index in [0.29, 0.717) is 12.3 Å². The van der Waals surface area contributed by atoms with Gasteiger partial charge in [-0.1, -0.05) is 42.5 Å². The molecule has 4 N–H and O–H groups in total. The molecule has 2 heterocycles. The van der Waals surface area contributed by atoms with E-state index in [0.717, 1.165) is 23.3 Å². The summed E-state index contributed by atoms with van der Waals surface area (Å²) in [6, 6.07) is 15.9. The Kier molecular flexibility index (Phi) is 5.64. The van der Waals surface area contributed by atoms with Gasteiger partial charge in [-0.25, -0.2) is 13.1 Å². The summed E-state index contributed by atoms with van der Waals surface area (Å²) in [6.45, 7) is 2.42. The molecule has 1 aromatic heterocycles. The summed E-state index contributed by atoms with van der Waals surface area (Å²) < 4.78 is 35.6. The van der Waals surface area contributed by atoms with Gasteiger partial charge >= 0.3 is 0 Å². The number of nitrogens with zero attached hydrogens (tertiary/aromatic N) is 1. The first-order valence-corrected chi connectivity index (χ1v) is 11.4. The van der Waals surface area contributed by atoms with Crippen LogP contribution < -0.4 is 19.9 Å². The molecule has 0 saturated carbocycles. The average molecular weight is 428 g/mol. The number of hydrogen-bond donors (Lipinski definition) is 3. The maximum absolute atomic E-state index is 12.7. The van der Waals surface area contributed by atoms with Gasteiger partial charge in [-0.15, -0.1) is 4.68 Å². The summed E-state index contributed by atoms with van der Waals surface area (Å²) in [6.07, 6.45) is 2.31. The number of aromatic amines is 1. The molecule has 0 spiro atoms. The number of benzene rings is 2. The molecule has 0 fully saturated rings. The number of rotatable bonds is 6. The maximum atomic E-state index is 12.7. The molecular weight excluding hydrogens is 400 g/mol. The highest BCUT2D eigenvalue weighted by molar-refractivity contribution is 7.89. The molecule has 2 atom stereocenters. The lowest BCUT2D eigenvalue weighted by Crippen LogP contribution is -2.39. The Labute approximate surface area is 176 Å². The van der Waals surface area contributed by atoms with E-state index < -0.39 is 10.0 Å². The van der Waals surface area contributed by atoms with Crippen molar-refractivity contribution in [2.24, 2.45) is 12.8 Å². The Hall–Kier alpha value is -2.68. The Bertz CT molecular complexity index is 1140. The molecule has 3 aromatic rings. The fourth-order valence-corrected chi connectivity index (χ4v) is 5.09. The Morgan fingerprint density at radius 2 is 1.97 bits per heavy atom. The van der Waals surface area contributed by atoms with Gasteiger partial charge in [-0.05, 0) is 29.2 Å². The third kappa shape index (κ3) is 4.12. The van der Waals surface area contributed by atoms with Crippen molar-refractivity contribution in [1.82, 2.24) is 9.82 Å². The van der Waals surface area contributed by atoms with Crippen molar-refractivity contribution in [2.45, 2.75) is 36.7 Å². The molecule has 8 heteroatoms. The molecule has 0 radical (unpaired) electrons. The molecule has 1 aliphatic rings. The second kappa shape index (κ2) is 8.22. The van der Waals surface area contributed by atoms with Crippen LogP contribution in [0, 0.1) is 6.92 Å². The zero-order chi connectivity index (χ0) is 21.3. The summed E-state index contributed by atoms with van der Waals surface area (Å²) in [7, 11) is -1.85. The highest BCUT2D eigenvalue weighted by atomic mass is 32.2. The monoisotopic (exact) mass is 427 g/mol. The van der Waals surface area contributed by atoms with Crippen molar-refractivity contribution >= 4 is 10.0 Å². The fourth-order valence-electron chi connectivity index (χ4n) is 3.84. The third-order valence-electron chi connectivity index (χ3n) is 5.73. The standard InChI is InChI=1S/C22H26N4O3S/c1-15-22(13-24-26(15)2)30(27,28)25-12-17-8-9-21-19(11-17)18(20(23)14-29-21)10-16-6-4-3-5-7-16/h3-9,11,13,18,20,25H,10,12,14,23H2,1-2H3/p+1. The van der Waals surface area contributed by atoms with Gasteiger partial charge in [-0.2, -0.15) is 5.10 Å². The molecule has 2 unspecified atom stereocenters. The van der Waals surface area contributed by atoms with Crippen LogP contribution in [0.15, 0.2) is 59.6 Å². The number of fused-ring (bicyclic) bond motifs is 1. The number of nitrogens with one attached hydrogen (secondary N) is 2. The molecular formula is C22H27N4O3S+. The molecule has 0 saturated heterocycles. The van der Waals surface area contributed by atoms with Gasteiger partial charge < -0.3 is 10.5 Å². The fraction of sp³-hybridized carbons (Fsp3) is 0.318. The molecule has 158 valence electrons. The van der Waals surface area contributed by atoms with Crippen LogP contribution in [0.4, 0.5) is 0 Å². The highest BCUT2D eigenvalue weighted by Crippen LogP contribution is 2.36. The first kappa shape index (κ1) is 20.6. The summed E-state index contributed by atoms with van der Waals surface area (Å²) >= 11 is 0. The predicted molar refractivity (Wildman–Crippen MR) is 114 cm³/mol. The molecule has 0 amide bonds. The van der Waals surface area contributed by atoms with Crippen LogP contribution in [0.25, 0.3) is 0 Å². The van der Waals surface area contributed by atoms with Gasteiger partial charge in [0.15, 0.2) is 11.9 Å². The number of nitrogens with two attached hydrogens (primary N) is 1. The molecule has 7 nitrogen and oxygen atoms in total. The van der Waals surface area contributed by atoms with Crippen molar-refractivity contribution < 1.29 is 17.8 Å². The third-order valence-corrected chi connectivity index (χ3v) is 7.24. The van der Waals surface area contributed by atoms with Crippen molar-refractivity contribution in [1.29, 1.82) is 0 Å². The van der Waals surface area contributed by atoms with Crippen molar-refractivity contribution in [2.75, 3.05) is 6.61 Å². The van der Waals surface area contributed by atoms with E-state index >= 15 is 0 Å². The molecule has 0 bridgehead atoms. The Balaban J connectivity index is 1.56. The number of sulfonamides is 1. The van der Waals surface area contributed by atoms with Crippen LogP contribution in [0.3, 0.4) is 0 Å². The minimum absolute atomic E-state index is 0.110. The second-order valence-corrected chi connectivity index (χ2v) is 9.49. The van der Waals surface area contributed by atoms with Gasteiger partial charge in [-0.3, -0.25) is 0 Å². The number of aromatic nitrogens is 2. The van der Waals surface area contributed by atoms with Crippen LogP contribution >= 0.6 is 0 Å². The normalized spacial score (nSPS) is 18.6. The van der Waals surface area contributed by atoms with E-state index in [-0.39, 0.29) is 23.4 Å². The lowest BCUT2D eigenvalue weighted by Gasteiger charge is -2.32. The zero-order valence-corrected chi connectivity index (χ0v) is 17.9. The summed E-state index contributed by atoms with van der Waals surface area (Å²) in [5.41, 5.74) is 10.1. The molecule has 2 aromatic carbocycles. The summed E-state index contributed by atoms with van der Waals surface area (Å²) in [4.78, 5) is 0.246. The van der Waals surface area contributed by atoms with Crippen LogP contribution in [-0.4, -0.2) is 26.2 Å². The molecule has 30 heavy (non-hydrogen) atoms. The van der Waals surface area contributed by atoms with E-state index in [1.54, 1.807) is 18.7 Å². The van der Waals surface area contributed by atoms with Gasteiger partial charge in [0.25, 0.3) is 0 Å². The minimum Gasteiger partial charge on any atom is -0.492 e.